The Labute approximate surface area is 145 Å². The highest BCUT2D eigenvalue weighted by Crippen LogP contribution is 2.36. The lowest BCUT2D eigenvalue weighted by Crippen LogP contribution is -2.46. The SMILES string of the molecule is ClC(Cl)(Cl)C1=N[C@H](C(Cl)(Cl)Cl)N=C(c2ccccc2)N1. The molecular weight excluding hydrogens is 387 g/mol. The van der Waals surface area contributed by atoms with Gasteiger partial charge in [-0.2, -0.15) is 0 Å². The van der Waals surface area contributed by atoms with Crippen LogP contribution in [0.5, 0.6) is 0 Å². The van der Waals surface area contributed by atoms with Crippen molar-refractivity contribution in [3.8, 4) is 0 Å². The van der Waals surface area contributed by atoms with Crippen molar-refractivity contribution < 1.29 is 0 Å². The Balaban J connectivity index is 2.42. The predicted octanol–water partition coefficient (Wildman–Crippen LogP) is 4.50. The van der Waals surface area contributed by atoms with Gasteiger partial charge in [-0.1, -0.05) is 99.9 Å². The number of hydrogen-bond acceptors (Lipinski definition) is 3. The molecule has 1 aromatic carbocycles. The first kappa shape index (κ1) is 16.5. The van der Waals surface area contributed by atoms with Crippen LogP contribution in [0.25, 0.3) is 0 Å². The van der Waals surface area contributed by atoms with Gasteiger partial charge in [0.1, 0.15) is 5.84 Å². The average Bonchev–Trinajstić information content (AvgIpc) is 2.37. The maximum atomic E-state index is 5.84. The summed E-state index contributed by atoms with van der Waals surface area (Å²) < 4.78 is -3.52. The van der Waals surface area contributed by atoms with E-state index in [2.05, 4.69) is 15.3 Å². The van der Waals surface area contributed by atoms with Crippen LogP contribution in [0.4, 0.5) is 0 Å². The molecule has 2 rings (SSSR count). The molecule has 1 aromatic rings. The van der Waals surface area contributed by atoms with Crippen LogP contribution in [0.3, 0.4) is 0 Å². The molecule has 20 heavy (non-hydrogen) atoms. The van der Waals surface area contributed by atoms with Crippen LogP contribution in [-0.4, -0.2) is 25.4 Å². The molecule has 9 heteroatoms. The van der Waals surface area contributed by atoms with Crippen LogP contribution in [0.15, 0.2) is 40.3 Å². The minimum absolute atomic E-state index is 0.0488. The van der Waals surface area contributed by atoms with E-state index in [1.54, 1.807) is 0 Å². The van der Waals surface area contributed by atoms with Gasteiger partial charge >= 0.3 is 0 Å². The summed E-state index contributed by atoms with van der Waals surface area (Å²) >= 11 is 35.0. The number of nitrogens with one attached hydrogen (secondary N) is 1. The van der Waals surface area contributed by atoms with Crippen LogP contribution in [-0.2, 0) is 0 Å². The van der Waals surface area contributed by atoms with E-state index in [0.29, 0.717) is 5.84 Å². The molecule has 1 atom stereocenters. The second-order valence-corrected chi connectivity index (χ2v) is 8.51. The largest absolute Gasteiger partial charge is 0.325 e. The molecule has 1 aliphatic rings. The van der Waals surface area contributed by atoms with Crippen molar-refractivity contribution in [2.24, 2.45) is 9.98 Å². The fourth-order valence-electron chi connectivity index (χ4n) is 1.48. The van der Waals surface area contributed by atoms with Crippen LogP contribution < -0.4 is 5.32 Å². The molecule has 3 nitrogen and oxygen atoms in total. The first-order valence-electron chi connectivity index (χ1n) is 5.30. The lowest BCUT2D eigenvalue weighted by Gasteiger charge is -2.27. The van der Waals surface area contributed by atoms with Crippen LogP contribution in [0.2, 0.25) is 0 Å². The Morgan fingerprint density at radius 2 is 1.50 bits per heavy atom. The maximum Gasteiger partial charge on any atom is 0.247 e. The van der Waals surface area contributed by atoms with E-state index < -0.39 is 13.8 Å². The van der Waals surface area contributed by atoms with Gasteiger partial charge in [0.05, 0.1) is 0 Å². The van der Waals surface area contributed by atoms with Crippen molar-refractivity contribution in [1.82, 2.24) is 5.32 Å². The number of benzene rings is 1. The number of hydrogen-bond donors (Lipinski definition) is 1. The number of aliphatic imine (C=N–C) groups is 2. The van der Waals surface area contributed by atoms with E-state index in [4.69, 9.17) is 69.6 Å². The topological polar surface area (TPSA) is 36.8 Å². The summed E-state index contributed by atoms with van der Waals surface area (Å²) in [6, 6.07) is 9.18. The number of nitrogens with zero attached hydrogens (tertiary/aromatic N) is 2. The minimum atomic E-state index is -1.77. The summed E-state index contributed by atoms with van der Waals surface area (Å²) in [7, 11) is 0. The molecular formula is C11H7Cl6N3. The summed E-state index contributed by atoms with van der Waals surface area (Å²) in [5, 5.41) is 2.84. The van der Waals surface area contributed by atoms with E-state index in [1.165, 1.54) is 0 Å². The molecule has 1 heterocycles. The highest BCUT2D eigenvalue weighted by molar-refractivity contribution is 6.77. The Morgan fingerprint density at radius 1 is 0.900 bits per heavy atom. The molecule has 108 valence electrons. The third kappa shape index (κ3) is 4.06. The summed E-state index contributed by atoms with van der Waals surface area (Å²) in [6.45, 7) is 0. The van der Waals surface area contributed by atoms with Gasteiger partial charge in [-0.05, 0) is 0 Å². The van der Waals surface area contributed by atoms with Crippen LogP contribution >= 0.6 is 69.6 Å². The molecule has 1 aliphatic heterocycles. The highest BCUT2D eigenvalue weighted by Gasteiger charge is 2.39. The van der Waals surface area contributed by atoms with Gasteiger partial charge in [0.15, 0.2) is 12.0 Å². The Kier molecular flexibility index (Phi) is 5.00. The number of rotatable bonds is 1. The first-order chi connectivity index (χ1) is 9.18. The number of halogens is 6. The van der Waals surface area contributed by atoms with Crippen molar-refractivity contribution in [2.75, 3.05) is 0 Å². The third-order valence-electron chi connectivity index (χ3n) is 2.35. The Hall–Kier alpha value is 0.100. The zero-order chi connectivity index (χ0) is 15.0. The van der Waals surface area contributed by atoms with Crippen LogP contribution in [0, 0.1) is 0 Å². The summed E-state index contributed by atoms with van der Waals surface area (Å²) in [5.41, 5.74) is 0.758. The normalized spacial score (nSPS) is 20.0. The summed E-state index contributed by atoms with van der Waals surface area (Å²) in [5.74, 6) is 0.464. The minimum Gasteiger partial charge on any atom is -0.325 e. The highest BCUT2D eigenvalue weighted by atomic mass is 35.6. The molecule has 0 radical (unpaired) electrons. The molecule has 0 aliphatic carbocycles. The van der Waals surface area contributed by atoms with Gasteiger partial charge in [-0.25, -0.2) is 9.98 Å². The number of amidine groups is 2. The maximum absolute atomic E-state index is 5.84. The van der Waals surface area contributed by atoms with Crippen molar-refractivity contribution in [2.45, 2.75) is 13.8 Å². The van der Waals surface area contributed by atoms with E-state index in [9.17, 15) is 0 Å². The third-order valence-corrected chi connectivity index (χ3v) is 3.47. The lowest BCUT2D eigenvalue weighted by molar-refractivity contribution is 0.710. The van der Waals surface area contributed by atoms with Gasteiger partial charge < -0.3 is 5.32 Å². The van der Waals surface area contributed by atoms with Crippen LogP contribution in [0.1, 0.15) is 5.56 Å². The Bertz CT molecular complexity index is 544. The summed E-state index contributed by atoms with van der Waals surface area (Å²) in [4.78, 5) is 8.26. The molecule has 0 unspecified atom stereocenters. The molecule has 0 bridgehead atoms. The van der Waals surface area contributed by atoms with Crippen molar-refractivity contribution >= 4 is 81.3 Å². The molecule has 0 saturated heterocycles. The van der Waals surface area contributed by atoms with Gasteiger partial charge in [-0.15, -0.1) is 0 Å². The van der Waals surface area contributed by atoms with Gasteiger partial charge in [0.2, 0.25) is 7.59 Å². The molecule has 0 amide bonds. The lowest BCUT2D eigenvalue weighted by atomic mass is 10.2. The van der Waals surface area contributed by atoms with E-state index >= 15 is 0 Å². The smallest absolute Gasteiger partial charge is 0.247 e. The molecule has 0 fully saturated rings. The standard InChI is InChI=1S/C11H7Cl6N3/c12-10(13,14)8-18-7(6-4-2-1-3-5-6)19-9(20-8)11(15,16)17/h1-5,8H,(H,18,19,20)/t8-/m1/s1. The second kappa shape index (κ2) is 6.07. The zero-order valence-corrected chi connectivity index (χ0v) is 14.2. The van der Waals surface area contributed by atoms with Gasteiger partial charge in [-0.3, -0.25) is 0 Å². The quantitative estimate of drug-likeness (QED) is 0.700. The Morgan fingerprint density at radius 3 is 2.00 bits per heavy atom. The van der Waals surface area contributed by atoms with Crippen molar-refractivity contribution in [1.29, 1.82) is 0 Å². The fraction of sp³-hybridized carbons (Fsp3) is 0.273. The van der Waals surface area contributed by atoms with E-state index in [-0.39, 0.29) is 5.84 Å². The molecule has 0 spiro atoms. The molecule has 0 aromatic heterocycles. The average molecular weight is 394 g/mol. The van der Waals surface area contributed by atoms with Gasteiger partial charge in [0, 0.05) is 5.56 Å². The van der Waals surface area contributed by atoms with E-state index in [1.807, 2.05) is 30.3 Å². The van der Waals surface area contributed by atoms with Crippen molar-refractivity contribution in [3.63, 3.8) is 0 Å². The van der Waals surface area contributed by atoms with Crippen molar-refractivity contribution in [3.05, 3.63) is 35.9 Å². The zero-order valence-electron chi connectivity index (χ0n) is 9.63. The monoisotopic (exact) mass is 391 g/mol. The second-order valence-electron chi connectivity index (χ2n) is 3.86. The summed E-state index contributed by atoms with van der Waals surface area (Å²) in [6.07, 6.45) is -1.01. The predicted molar refractivity (Wildman–Crippen MR) is 87.9 cm³/mol. The first-order valence-corrected chi connectivity index (χ1v) is 7.56. The molecule has 1 N–H and O–H groups in total. The fourth-order valence-corrected chi connectivity index (χ4v) is 2.06. The number of alkyl halides is 6. The van der Waals surface area contributed by atoms with E-state index in [0.717, 1.165) is 5.56 Å². The van der Waals surface area contributed by atoms with Gasteiger partial charge in [0.25, 0.3) is 0 Å². The molecule has 0 saturated carbocycles.